The molecule has 1 nitrogen and oxygen atoms in total. The molecule has 0 N–H and O–H groups in total. The average Bonchev–Trinajstić information content (AvgIpc) is 2.43. The number of fused-ring (bicyclic) bond motifs is 1. The van der Waals surface area contributed by atoms with Crippen LogP contribution in [0.1, 0.15) is 12.5 Å². The summed E-state index contributed by atoms with van der Waals surface area (Å²) >= 11 is 4.02. The molecule has 1 aromatic heterocycles. The Morgan fingerprint density at radius 1 is 1.50 bits per heavy atom. The smallest absolute Gasteiger partial charge is 0.155 e. The standard InChI is InChI=1S/C9H8INS/c1-2-6-3-4-7-8(5-6)12-9(10)11-7/h3-5H,2H2,1H3. The van der Waals surface area contributed by atoms with Gasteiger partial charge in [-0.05, 0) is 46.7 Å². The van der Waals surface area contributed by atoms with Gasteiger partial charge in [-0.3, -0.25) is 0 Å². The molecule has 3 heteroatoms. The molecule has 0 aliphatic rings. The fourth-order valence-electron chi connectivity index (χ4n) is 1.16. The Labute approximate surface area is 89.0 Å². The van der Waals surface area contributed by atoms with Gasteiger partial charge in [0.15, 0.2) is 3.01 Å². The van der Waals surface area contributed by atoms with Crippen LogP contribution in [0.5, 0.6) is 0 Å². The summed E-state index contributed by atoms with van der Waals surface area (Å²) in [7, 11) is 0. The van der Waals surface area contributed by atoms with E-state index in [-0.39, 0.29) is 0 Å². The number of aromatic nitrogens is 1. The van der Waals surface area contributed by atoms with Gasteiger partial charge < -0.3 is 0 Å². The van der Waals surface area contributed by atoms with Gasteiger partial charge >= 0.3 is 0 Å². The summed E-state index contributed by atoms with van der Waals surface area (Å²) in [5.74, 6) is 0. The number of hydrogen-bond donors (Lipinski definition) is 0. The molecule has 0 spiro atoms. The number of hydrogen-bond acceptors (Lipinski definition) is 2. The summed E-state index contributed by atoms with van der Waals surface area (Å²) in [6.07, 6.45) is 1.10. The molecule has 2 rings (SSSR count). The molecule has 0 atom stereocenters. The quantitative estimate of drug-likeness (QED) is 0.733. The highest BCUT2D eigenvalue weighted by Gasteiger charge is 2.00. The van der Waals surface area contributed by atoms with Crippen LogP contribution in [0.4, 0.5) is 0 Å². The van der Waals surface area contributed by atoms with Gasteiger partial charge in [0.2, 0.25) is 0 Å². The van der Waals surface area contributed by atoms with Crippen molar-refractivity contribution in [3.63, 3.8) is 0 Å². The molecule has 1 aromatic carbocycles. The van der Waals surface area contributed by atoms with Gasteiger partial charge in [-0.15, -0.1) is 11.3 Å². The van der Waals surface area contributed by atoms with Gasteiger partial charge in [0.1, 0.15) is 0 Å². The predicted molar refractivity (Wildman–Crippen MR) is 61.7 cm³/mol. The van der Waals surface area contributed by atoms with Gasteiger partial charge in [-0.1, -0.05) is 13.0 Å². The normalized spacial score (nSPS) is 10.8. The van der Waals surface area contributed by atoms with Crippen molar-refractivity contribution in [3.8, 4) is 0 Å². The SMILES string of the molecule is CCc1ccc2nc(I)sc2c1. The number of rotatable bonds is 1. The van der Waals surface area contributed by atoms with Crippen LogP contribution in [0.15, 0.2) is 18.2 Å². The van der Waals surface area contributed by atoms with Crippen molar-refractivity contribution in [2.24, 2.45) is 0 Å². The third-order valence-electron chi connectivity index (χ3n) is 1.83. The van der Waals surface area contributed by atoms with Gasteiger partial charge in [-0.25, -0.2) is 4.98 Å². The number of benzene rings is 1. The molecule has 1 heterocycles. The molecule has 0 amide bonds. The lowest BCUT2D eigenvalue weighted by atomic mass is 10.2. The largest absolute Gasteiger partial charge is 0.230 e. The fraction of sp³-hybridized carbons (Fsp3) is 0.222. The molecule has 0 saturated heterocycles. The third kappa shape index (κ3) is 1.47. The molecule has 0 radical (unpaired) electrons. The second-order valence-electron chi connectivity index (χ2n) is 2.62. The fourth-order valence-corrected chi connectivity index (χ4v) is 2.89. The van der Waals surface area contributed by atoms with Gasteiger partial charge in [0, 0.05) is 0 Å². The average molecular weight is 289 g/mol. The van der Waals surface area contributed by atoms with E-state index >= 15 is 0 Å². The summed E-state index contributed by atoms with van der Waals surface area (Å²) in [6, 6.07) is 6.49. The Morgan fingerprint density at radius 2 is 2.33 bits per heavy atom. The van der Waals surface area contributed by atoms with Gasteiger partial charge in [-0.2, -0.15) is 0 Å². The summed E-state index contributed by atoms with van der Waals surface area (Å²) in [5.41, 5.74) is 2.52. The van der Waals surface area contributed by atoms with Crippen LogP contribution < -0.4 is 0 Å². The summed E-state index contributed by atoms with van der Waals surface area (Å²) in [4.78, 5) is 4.39. The highest BCUT2D eigenvalue weighted by Crippen LogP contribution is 2.24. The van der Waals surface area contributed by atoms with E-state index in [1.165, 1.54) is 10.3 Å². The zero-order valence-corrected chi connectivity index (χ0v) is 9.65. The molecule has 62 valence electrons. The highest BCUT2D eigenvalue weighted by atomic mass is 127. The van der Waals surface area contributed by atoms with Gasteiger partial charge in [0.25, 0.3) is 0 Å². The van der Waals surface area contributed by atoms with E-state index in [2.05, 4.69) is 52.7 Å². The summed E-state index contributed by atoms with van der Waals surface area (Å²) < 4.78 is 2.43. The Hall–Kier alpha value is -0.160. The topological polar surface area (TPSA) is 12.9 Å². The van der Waals surface area contributed by atoms with E-state index in [9.17, 15) is 0 Å². The molecule has 0 unspecified atom stereocenters. The molecule has 0 aliphatic carbocycles. The first-order chi connectivity index (χ1) is 5.79. The predicted octanol–water partition coefficient (Wildman–Crippen LogP) is 3.46. The molecule has 0 saturated carbocycles. The Bertz CT molecular complexity index is 408. The highest BCUT2D eigenvalue weighted by molar-refractivity contribution is 14.1. The zero-order chi connectivity index (χ0) is 8.55. The lowest BCUT2D eigenvalue weighted by Crippen LogP contribution is -1.77. The number of aryl methyl sites for hydroxylation is 1. The first-order valence-corrected chi connectivity index (χ1v) is 5.74. The third-order valence-corrected chi connectivity index (χ3v) is 3.54. The van der Waals surface area contributed by atoms with E-state index in [0.29, 0.717) is 0 Å². The van der Waals surface area contributed by atoms with Crippen molar-refractivity contribution in [2.45, 2.75) is 13.3 Å². The van der Waals surface area contributed by atoms with Crippen LogP contribution in [0.3, 0.4) is 0 Å². The van der Waals surface area contributed by atoms with E-state index in [1.54, 1.807) is 11.3 Å². The molecule has 0 bridgehead atoms. The van der Waals surface area contributed by atoms with Crippen LogP contribution in [-0.4, -0.2) is 4.98 Å². The molecule has 12 heavy (non-hydrogen) atoms. The van der Waals surface area contributed by atoms with Crippen LogP contribution in [-0.2, 0) is 6.42 Å². The minimum atomic E-state index is 1.10. The van der Waals surface area contributed by atoms with Crippen molar-refractivity contribution in [2.75, 3.05) is 0 Å². The Balaban J connectivity index is 2.66. The van der Waals surface area contributed by atoms with Crippen molar-refractivity contribution >= 4 is 44.1 Å². The van der Waals surface area contributed by atoms with Crippen molar-refractivity contribution in [1.29, 1.82) is 0 Å². The first-order valence-electron chi connectivity index (χ1n) is 3.84. The number of nitrogens with zero attached hydrogens (tertiary/aromatic N) is 1. The van der Waals surface area contributed by atoms with Crippen LogP contribution in [0, 0.1) is 3.01 Å². The maximum absolute atomic E-state index is 4.39. The minimum Gasteiger partial charge on any atom is -0.230 e. The molecular weight excluding hydrogens is 281 g/mol. The van der Waals surface area contributed by atoms with E-state index < -0.39 is 0 Å². The van der Waals surface area contributed by atoms with Gasteiger partial charge in [0.05, 0.1) is 10.2 Å². The van der Waals surface area contributed by atoms with Crippen molar-refractivity contribution in [1.82, 2.24) is 4.98 Å². The lowest BCUT2D eigenvalue weighted by Gasteiger charge is -1.93. The monoisotopic (exact) mass is 289 g/mol. The summed E-state index contributed by atoms with van der Waals surface area (Å²) in [6.45, 7) is 2.17. The first kappa shape index (κ1) is 8.44. The second kappa shape index (κ2) is 3.30. The molecule has 0 aliphatic heterocycles. The van der Waals surface area contributed by atoms with Crippen molar-refractivity contribution < 1.29 is 0 Å². The molecule has 2 aromatic rings. The van der Waals surface area contributed by atoms with E-state index in [0.717, 1.165) is 15.0 Å². The maximum Gasteiger partial charge on any atom is 0.155 e. The number of halogens is 1. The van der Waals surface area contributed by atoms with Crippen LogP contribution >= 0.6 is 33.9 Å². The summed E-state index contributed by atoms with van der Waals surface area (Å²) in [5, 5.41) is 0. The molecule has 0 fully saturated rings. The Morgan fingerprint density at radius 3 is 3.08 bits per heavy atom. The maximum atomic E-state index is 4.39. The zero-order valence-electron chi connectivity index (χ0n) is 6.67. The minimum absolute atomic E-state index is 1.10. The Kier molecular flexibility index (Phi) is 2.32. The van der Waals surface area contributed by atoms with E-state index in [4.69, 9.17) is 0 Å². The lowest BCUT2D eigenvalue weighted by molar-refractivity contribution is 1.15. The van der Waals surface area contributed by atoms with Crippen LogP contribution in [0.2, 0.25) is 0 Å². The van der Waals surface area contributed by atoms with E-state index in [1.807, 2.05) is 0 Å². The second-order valence-corrected chi connectivity index (χ2v) is 5.41. The van der Waals surface area contributed by atoms with Crippen molar-refractivity contribution in [3.05, 3.63) is 26.8 Å². The molecular formula is C9H8INS. The van der Waals surface area contributed by atoms with Crippen LogP contribution in [0.25, 0.3) is 10.2 Å². The number of thiazole rings is 1.